The summed E-state index contributed by atoms with van der Waals surface area (Å²) in [6.07, 6.45) is -0.580. The van der Waals surface area contributed by atoms with Crippen LogP contribution in [-0.2, 0) is 14.3 Å². The molecule has 3 rings (SSSR count). The van der Waals surface area contributed by atoms with E-state index in [1.165, 1.54) is 0 Å². The van der Waals surface area contributed by atoms with Gasteiger partial charge in [-0.25, -0.2) is 0 Å². The third kappa shape index (κ3) is 3.44. The number of hydrogen-bond donors (Lipinski definition) is 1. The van der Waals surface area contributed by atoms with Gasteiger partial charge in [0, 0.05) is 0 Å². The SMILES string of the molecule is O=C(NN(c1ccccc1)c1ccccc1)[C@H]1COCCO1. The van der Waals surface area contributed by atoms with Gasteiger partial charge in [0.1, 0.15) is 0 Å². The zero-order valence-electron chi connectivity index (χ0n) is 12.1. The van der Waals surface area contributed by atoms with Crippen molar-refractivity contribution in [3.8, 4) is 0 Å². The highest BCUT2D eigenvalue weighted by atomic mass is 16.6. The molecular formula is C17H18N2O3. The highest BCUT2D eigenvalue weighted by molar-refractivity contribution is 5.84. The molecule has 0 bridgehead atoms. The Labute approximate surface area is 129 Å². The molecule has 1 aliphatic rings. The average molecular weight is 298 g/mol. The summed E-state index contributed by atoms with van der Waals surface area (Å²) in [5, 5.41) is 1.75. The first-order chi connectivity index (χ1) is 10.8. The Balaban J connectivity index is 1.81. The first-order valence-corrected chi connectivity index (χ1v) is 7.24. The topological polar surface area (TPSA) is 50.8 Å². The zero-order chi connectivity index (χ0) is 15.2. The minimum Gasteiger partial charge on any atom is -0.376 e. The van der Waals surface area contributed by atoms with E-state index in [1.807, 2.05) is 60.7 Å². The predicted molar refractivity (Wildman–Crippen MR) is 83.7 cm³/mol. The van der Waals surface area contributed by atoms with E-state index in [1.54, 1.807) is 5.01 Å². The fraction of sp³-hybridized carbons (Fsp3) is 0.235. The molecule has 5 heteroatoms. The number of nitrogens with zero attached hydrogens (tertiary/aromatic N) is 1. The van der Waals surface area contributed by atoms with E-state index in [0.29, 0.717) is 13.2 Å². The lowest BCUT2D eigenvalue weighted by Gasteiger charge is -2.29. The number of anilines is 2. The second kappa shape index (κ2) is 7.06. The number of nitrogens with one attached hydrogen (secondary N) is 1. The molecule has 0 radical (unpaired) electrons. The smallest absolute Gasteiger partial charge is 0.270 e. The van der Waals surface area contributed by atoms with Gasteiger partial charge in [-0.3, -0.25) is 15.2 Å². The second-order valence-corrected chi connectivity index (χ2v) is 4.92. The van der Waals surface area contributed by atoms with Crippen molar-refractivity contribution in [2.75, 3.05) is 24.8 Å². The number of carbonyl (C=O) groups is 1. The van der Waals surface area contributed by atoms with E-state index in [2.05, 4.69) is 5.43 Å². The van der Waals surface area contributed by atoms with Gasteiger partial charge < -0.3 is 9.47 Å². The monoisotopic (exact) mass is 298 g/mol. The first-order valence-electron chi connectivity index (χ1n) is 7.24. The van der Waals surface area contributed by atoms with Gasteiger partial charge in [-0.2, -0.15) is 0 Å². The summed E-state index contributed by atoms with van der Waals surface area (Å²) >= 11 is 0. The molecule has 0 unspecified atom stereocenters. The van der Waals surface area contributed by atoms with Crippen LogP contribution in [0.5, 0.6) is 0 Å². The average Bonchev–Trinajstić information content (AvgIpc) is 2.62. The minimum atomic E-state index is -0.580. The highest BCUT2D eigenvalue weighted by Crippen LogP contribution is 2.22. The third-order valence-electron chi connectivity index (χ3n) is 3.36. The Morgan fingerprint density at radius 3 is 2.05 bits per heavy atom. The molecular weight excluding hydrogens is 280 g/mol. The third-order valence-corrected chi connectivity index (χ3v) is 3.36. The molecule has 0 aromatic heterocycles. The Bertz CT molecular complexity index is 558. The molecule has 1 atom stereocenters. The number of benzene rings is 2. The quantitative estimate of drug-likeness (QED) is 0.880. The van der Waals surface area contributed by atoms with Crippen molar-refractivity contribution in [1.82, 2.24) is 5.43 Å². The van der Waals surface area contributed by atoms with Crippen molar-refractivity contribution in [2.45, 2.75) is 6.10 Å². The van der Waals surface area contributed by atoms with Gasteiger partial charge in [0.15, 0.2) is 6.10 Å². The first kappa shape index (κ1) is 14.6. The van der Waals surface area contributed by atoms with Crippen LogP contribution < -0.4 is 10.4 Å². The maximum atomic E-state index is 12.4. The number of para-hydroxylation sites is 2. The molecule has 114 valence electrons. The van der Waals surface area contributed by atoms with Crippen molar-refractivity contribution < 1.29 is 14.3 Å². The van der Waals surface area contributed by atoms with Gasteiger partial charge in [0.25, 0.3) is 5.91 Å². The molecule has 2 aromatic rings. The molecule has 0 aliphatic carbocycles. The molecule has 0 saturated carbocycles. The van der Waals surface area contributed by atoms with Crippen molar-refractivity contribution in [3.63, 3.8) is 0 Å². The number of carbonyl (C=O) groups excluding carboxylic acids is 1. The van der Waals surface area contributed by atoms with Gasteiger partial charge in [0.05, 0.1) is 31.2 Å². The van der Waals surface area contributed by atoms with Gasteiger partial charge in [-0.05, 0) is 24.3 Å². The van der Waals surface area contributed by atoms with E-state index in [-0.39, 0.29) is 12.5 Å². The Kier molecular flexibility index (Phi) is 4.68. The summed E-state index contributed by atoms with van der Waals surface area (Å²) in [4.78, 5) is 12.4. The lowest BCUT2D eigenvalue weighted by molar-refractivity contribution is -0.147. The second-order valence-electron chi connectivity index (χ2n) is 4.92. The fourth-order valence-corrected chi connectivity index (χ4v) is 2.25. The van der Waals surface area contributed by atoms with Crippen LogP contribution in [0.1, 0.15) is 0 Å². The number of hydrogen-bond acceptors (Lipinski definition) is 4. The molecule has 1 heterocycles. The molecule has 1 saturated heterocycles. The molecule has 1 aliphatic heterocycles. The minimum absolute atomic E-state index is 0.215. The number of amides is 1. The number of ether oxygens (including phenoxy) is 2. The van der Waals surface area contributed by atoms with Crippen LogP contribution in [-0.4, -0.2) is 31.8 Å². The molecule has 1 fully saturated rings. The number of rotatable bonds is 4. The summed E-state index contributed by atoms with van der Waals surface area (Å²) in [5.74, 6) is -0.215. The zero-order valence-corrected chi connectivity index (χ0v) is 12.1. The fourth-order valence-electron chi connectivity index (χ4n) is 2.25. The maximum Gasteiger partial charge on any atom is 0.270 e. The molecule has 1 N–H and O–H groups in total. The molecule has 22 heavy (non-hydrogen) atoms. The van der Waals surface area contributed by atoms with Crippen molar-refractivity contribution in [2.24, 2.45) is 0 Å². The summed E-state index contributed by atoms with van der Waals surface area (Å²) in [6.45, 7) is 1.25. The van der Waals surface area contributed by atoms with Crippen LogP contribution >= 0.6 is 0 Å². The summed E-state index contributed by atoms with van der Waals surface area (Å²) in [7, 11) is 0. The van der Waals surface area contributed by atoms with Crippen LogP contribution in [0.2, 0.25) is 0 Å². The number of hydrazine groups is 1. The molecule has 5 nitrogen and oxygen atoms in total. The summed E-state index contributed by atoms with van der Waals surface area (Å²) in [6, 6.07) is 19.3. The Morgan fingerprint density at radius 2 is 1.55 bits per heavy atom. The van der Waals surface area contributed by atoms with E-state index < -0.39 is 6.10 Å². The van der Waals surface area contributed by atoms with E-state index >= 15 is 0 Å². The standard InChI is InChI=1S/C17H18N2O3/c20-17(16-13-21-11-12-22-16)18-19(14-7-3-1-4-8-14)15-9-5-2-6-10-15/h1-10,16H,11-13H2,(H,18,20)/t16-/m1/s1. The van der Waals surface area contributed by atoms with E-state index in [9.17, 15) is 4.79 Å². The molecule has 2 aromatic carbocycles. The Morgan fingerprint density at radius 1 is 0.955 bits per heavy atom. The largest absolute Gasteiger partial charge is 0.376 e. The van der Waals surface area contributed by atoms with Crippen LogP contribution in [0.15, 0.2) is 60.7 Å². The van der Waals surface area contributed by atoms with Gasteiger partial charge in [-0.1, -0.05) is 36.4 Å². The van der Waals surface area contributed by atoms with E-state index in [0.717, 1.165) is 11.4 Å². The van der Waals surface area contributed by atoms with Crippen LogP contribution in [0.25, 0.3) is 0 Å². The van der Waals surface area contributed by atoms with Crippen LogP contribution in [0, 0.1) is 0 Å². The predicted octanol–water partition coefficient (Wildman–Crippen LogP) is 2.27. The van der Waals surface area contributed by atoms with Crippen LogP contribution in [0.4, 0.5) is 11.4 Å². The highest BCUT2D eigenvalue weighted by Gasteiger charge is 2.24. The summed E-state index contributed by atoms with van der Waals surface area (Å²) in [5.41, 5.74) is 4.66. The van der Waals surface area contributed by atoms with Gasteiger partial charge in [-0.15, -0.1) is 0 Å². The van der Waals surface area contributed by atoms with Crippen molar-refractivity contribution >= 4 is 17.3 Å². The van der Waals surface area contributed by atoms with Crippen molar-refractivity contribution in [3.05, 3.63) is 60.7 Å². The van der Waals surface area contributed by atoms with Gasteiger partial charge in [0.2, 0.25) is 0 Å². The van der Waals surface area contributed by atoms with Crippen LogP contribution in [0.3, 0.4) is 0 Å². The molecule has 0 spiro atoms. The summed E-state index contributed by atoms with van der Waals surface area (Å²) < 4.78 is 10.7. The maximum absolute atomic E-state index is 12.4. The Hall–Kier alpha value is -2.37. The lowest BCUT2D eigenvalue weighted by Crippen LogP contribution is -2.48. The van der Waals surface area contributed by atoms with E-state index in [4.69, 9.17) is 9.47 Å². The van der Waals surface area contributed by atoms with Crippen molar-refractivity contribution in [1.29, 1.82) is 0 Å². The normalized spacial score (nSPS) is 17.7. The lowest BCUT2D eigenvalue weighted by atomic mass is 10.2. The van der Waals surface area contributed by atoms with Gasteiger partial charge >= 0.3 is 0 Å². The molecule has 1 amide bonds.